The van der Waals surface area contributed by atoms with Crippen LogP contribution in [-0.4, -0.2) is 35.5 Å². The van der Waals surface area contributed by atoms with Gasteiger partial charge in [0.05, 0.1) is 6.61 Å². The first-order chi connectivity index (χ1) is 7.77. The molecule has 0 aliphatic heterocycles. The van der Waals surface area contributed by atoms with Gasteiger partial charge in [0.25, 0.3) is 0 Å². The standard InChI is InChI=1S/C8H9ClN2O5S/c1-3-16-8(12)5-6(9)10-4(2)11-7(5)17(13,14)15/h3H2,1-2H3,(H,13,14,15). The van der Waals surface area contributed by atoms with Gasteiger partial charge in [-0.15, -0.1) is 0 Å². The number of nitrogens with zero attached hydrogens (tertiary/aromatic N) is 2. The normalized spacial score (nSPS) is 11.3. The van der Waals surface area contributed by atoms with Gasteiger partial charge >= 0.3 is 16.1 Å². The quantitative estimate of drug-likeness (QED) is 0.497. The average Bonchev–Trinajstić information content (AvgIpc) is 2.15. The molecule has 1 N–H and O–H groups in total. The maximum Gasteiger partial charge on any atom is 0.344 e. The molecular weight excluding hydrogens is 272 g/mol. The molecule has 0 amide bonds. The molecule has 7 nitrogen and oxygen atoms in total. The lowest BCUT2D eigenvalue weighted by Crippen LogP contribution is -2.16. The Morgan fingerprint density at radius 3 is 2.53 bits per heavy atom. The second-order valence-corrected chi connectivity index (χ2v) is 4.63. The number of carbonyl (C=O) groups excluding carboxylic acids is 1. The fourth-order valence-corrected chi connectivity index (χ4v) is 2.11. The van der Waals surface area contributed by atoms with Crippen molar-refractivity contribution >= 4 is 27.7 Å². The second-order valence-electron chi connectivity index (χ2n) is 2.94. The number of aromatic nitrogens is 2. The van der Waals surface area contributed by atoms with Crippen LogP contribution >= 0.6 is 11.6 Å². The minimum absolute atomic E-state index is 0.00988. The first kappa shape index (κ1) is 13.8. The van der Waals surface area contributed by atoms with Crippen LogP contribution in [0.4, 0.5) is 0 Å². The lowest BCUT2D eigenvalue weighted by atomic mass is 10.3. The summed E-state index contributed by atoms with van der Waals surface area (Å²) in [4.78, 5) is 18.6. The second kappa shape index (κ2) is 4.94. The van der Waals surface area contributed by atoms with Gasteiger partial charge in [0, 0.05) is 0 Å². The summed E-state index contributed by atoms with van der Waals surface area (Å²) in [7, 11) is -4.68. The van der Waals surface area contributed by atoms with E-state index < -0.39 is 26.7 Å². The predicted molar refractivity (Wildman–Crippen MR) is 57.6 cm³/mol. The van der Waals surface area contributed by atoms with E-state index >= 15 is 0 Å². The highest BCUT2D eigenvalue weighted by Crippen LogP contribution is 2.21. The zero-order valence-electron chi connectivity index (χ0n) is 8.97. The summed E-state index contributed by atoms with van der Waals surface area (Å²) in [5, 5.41) is -1.24. The molecule has 0 aliphatic carbocycles. The fourth-order valence-electron chi connectivity index (χ4n) is 1.08. The number of rotatable bonds is 3. The molecule has 0 fully saturated rings. The smallest absolute Gasteiger partial charge is 0.344 e. The highest BCUT2D eigenvalue weighted by molar-refractivity contribution is 7.85. The molecule has 0 spiro atoms. The van der Waals surface area contributed by atoms with Gasteiger partial charge in [-0.3, -0.25) is 4.55 Å². The van der Waals surface area contributed by atoms with Crippen LogP contribution in [0, 0.1) is 6.92 Å². The summed E-state index contributed by atoms with van der Waals surface area (Å²) in [6.07, 6.45) is 0. The van der Waals surface area contributed by atoms with Crippen molar-refractivity contribution in [1.82, 2.24) is 9.97 Å². The Balaban J connectivity index is 3.52. The van der Waals surface area contributed by atoms with Gasteiger partial charge in [-0.25, -0.2) is 14.8 Å². The van der Waals surface area contributed by atoms with E-state index in [-0.39, 0.29) is 17.6 Å². The molecule has 0 atom stereocenters. The lowest BCUT2D eigenvalue weighted by Gasteiger charge is -2.07. The fraction of sp³-hybridized carbons (Fsp3) is 0.375. The van der Waals surface area contributed by atoms with Gasteiger partial charge in [0.2, 0.25) is 5.03 Å². The van der Waals surface area contributed by atoms with Crippen LogP contribution in [0.15, 0.2) is 5.03 Å². The first-order valence-corrected chi connectivity index (χ1v) is 6.28. The van der Waals surface area contributed by atoms with Gasteiger partial charge in [0.1, 0.15) is 16.5 Å². The van der Waals surface area contributed by atoms with Gasteiger partial charge in [0.15, 0.2) is 0 Å². The third kappa shape index (κ3) is 3.11. The molecule has 94 valence electrons. The molecule has 9 heteroatoms. The minimum atomic E-state index is -4.68. The molecule has 1 aromatic heterocycles. The largest absolute Gasteiger partial charge is 0.462 e. The van der Waals surface area contributed by atoms with Crippen molar-refractivity contribution in [1.29, 1.82) is 0 Å². The number of carbonyl (C=O) groups is 1. The Labute approximate surface area is 103 Å². The number of ether oxygens (including phenoxy) is 1. The van der Waals surface area contributed by atoms with Crippen LogP contribution in [-0.2, 0) is 14.9 Å². The monoisotopic (exact) mass is 280 g/mol. The van der Waals surface area contributed by atoms with Gasteiger partial charge in [-0.1, -0.05) is 11.6 Å². The van der Waals surface area contributed by atoms with Crippen molar-refractivity contribution < 1.29 is 22.5 Å². The van der Waals surface area contributed by atoms with Crippen molar-refractivity contribution in [3.8, 4) is 0 Å². The zero-order valence-corrected chi connectivity index (χ0v) is 10.5. The molecule has 0 bridgehead atoms. The number of halogens is 1. The van der Waals surface area contributed by atoms with Gasteiger partial charge in [-0.05, 0) is 13.8 Å². The topological polar surface area (TPSA) is 106 Å². The van der Waals surface area contributed by atoms with Crippen LogP contribution in [0.3, 0.4) is 0 Å². The average molecular weight is 281 g/mol. The van der Waals surface area contributed by atoms with E-state index in [2.05, 4.69) is 14.7 Å². The number of hydrogen-bond acceptors (Lipinski definition) is 6. The molecule has 17 heavy (non-hydrogen) atoms. The maximum absolute atomic E-state index is 11.5. The van der Waals surface area contributed by atoms with Crippen molar-refractivity contribution in [2.45, 2.75) is 18.9 Å². The van der Waals surface area contributed by atoms with E-state index in [1.807, 2.05) is 0 Å². The Morgan fingerprint density at radius 1 is 1.47 bits per heavy atom. The van der Waals surface area contributed by atoms with Crippen molar-refractivity contribution in [3.63, 3.8) is 0 Å². The Kier molecular flexibility index (Phi) is 4.02. The van der Waals surface area contributed by atoms with E-state index in [1.165, 1.54) is 13.8 Å². The molecule has 0 saturated heterocycles. The molecule has 1 aromatic rings. The highest BCUT2D eigenvalue weighted by Gasteiger charge is 2.27. The molecule has 0 aromatic carbocycles. The van der Waals surface area contributed by atoms with E-state index in [0.717, 1.165) is 0 Å². The van der Waals surface area contributed by atoms with E-state index in [4.69, 9.17) is 16.2 Å². The van der Waals surface area contributed by atoms with Crippen LogP contribution in [0.25, 0.3) is 0 Å². The molecule has 1 rings (SSSR count). The number of esters is 1. The van der Waals surface area contributed by atoms with Gasteiger partial charge < -0.3 is 4.74 Å². The highest BCUT2D eigenvalue weighted by atomic mass is 35.5. The molecule has 1 heterocycles. The molecular formula is C8H9ClN2O5S. The molecule has 0 unspecified atom stereocenters. The predicted octanol–water partition coefficient (Wildman–Crippen LogP) is 0.862. The van der Waals surface area contributed by atoms with E-state index in [1.54, 1.807) is 0 Å². The molecule has 0 radical (unpaired) electrons. The Morgan fingerprint density at radius 2 is 2.06 bits per heavy atom. The van der Waals surface area contributed by atoms with Crippen molar-refractivity contribution in [2.24, 2.45) is 0 Å². The maximum atomic E-state index is 11.5. The van der Waals surface area contributed by atoms with Gasteiger partial charge in [-0.2, -0.15) is 8.42 Å². The third-order valence-electron chi connectivity index (χ3n) is 1.67. The van der Waals surface area contributed by atoms with Crippen LogP contribution < -0.4 is 0 Å². The SMILES string of the molecule is CCOC(=O)c1c(Cl)nc(C)nc1S(=O)(=O)O. The minimum Gasteiger partial charge on any atom is -0.462 e. The van der Waals surface area contributed by atoms with Crippen LogP contribution in [0.2, 0.25) is 5.15 Å². The Hall–Kier alpha value is -1.25. The summed E-state index contributed by atoms with van der Waals surface area (Å²) in [6, 6.07) is 0. The summed E-state index contributed by atoms with van der Waals surface area (Å²) >= 11 is 5.64. The van der Waals surface area contributed by atoms with E-state index in [0.29, 0.717) is 0 Å². The third-order valence-corrected chi connectivity index (χ3v) is 2.72. The summed E-state index contributed by atoms with van der Waals surface area (Å²) in [6.45, 7) is 2.93. The van der Waals surface area contributed by atoms with Crippen molar-refractivity contribution in [3.05, 3.63) is 16.5 Å². The molecule has 0 saturated carbocycles. The summed E-state index contributed by atoms with van der Waals surface area (Å²) in [5.41, 5.74) is -0.568. The number of aryl methyl sites for hydroxylation is 1. The van der Waals surface area contributed by atoms with Crippen molar-refractivity contribution in [2.75, 3.05) is 6.61 Å². The number of hydrogen-bond donors (Lipinski definition) is 1. The zero-order chi connectivity index (χ0) is 13.2. The molecule has 0 aliphatic rings. The van der Waals surface area contributed by atoms with Crippen LogP contribution in [0.1, 0.15) is 23.1 Å². The summed E-state index contributed by atoms with van der Waals surface area (Å²) in [5.74, 6) is -0.999. The summed E-state index contributed by atoms with van der Waals surface area (Å²) < 4.78 is 35.7. The Bertz CT molecular complexity index is 557. The first-order valence-electron chi connectivity index (χ1n) is 4.46. The van der Waals surface area contributed by atoms with Crippen LogP contribution in [0.5, 0.6) is 0 Å². The van der Waals surface area contributed by atoms with E-state index in [9.17, 15) is 13.2 Å². The lowest BCUT2D eigenvalue weighted by molar-refractivity contribution is 0.0520.